The Balaban J connectivity index is 1.12. The van der Waals surface area contributed by atoms with Gasteiger partial charge in [0, 0.05) is 43.9 Å². The molecule has 2 heterocycles. The van der Waals surface area contributed by atoms with Crippen LogP contribution >= 0.6 is 0 Å². The highest BCUT2D eigenvalue weighted by molar-refractivity contribution is 5.98. The maximum absolute atomic E-state index is 14.0. The number of nitrogens with zero attached hydrogens (tertiary/aromatic N) is 4. The average molecular weight is 643 g/mol. The van der Waals surface area contributed by atoms with Gasteiger partial charge < -0.3 is 25.2 Å². The number of nitrogens with one attached hydrogen (secondary N) is 1. The quantitative estimate of drug-likeness (QED) is 0.151. The first-order valence-electron chi connectivity index (χ1n) is 15.8. The fourth-order valence-corrected chi connectivity index (χ4v) is 5.35. The van der Waals surface area contributed by atoms with Crippen LogP contribution in [0.5, 0.6) is 0 Å². The van der Waals surface area contributed by atoms with Gasteiger partial charge in [0.15, 0.2) is 0 Å². The van der Waals surface area contributed by atoms with E-state index in [0.29, 0.717) is 69.7 Å². The molecule has 0 aliphatic carbocycles. The van der Waals surface area contributed by atoms with Crippen molar-refractivity contribution in [1.82, 2.24) is 25.3 Å². The zero-order valence-electron chi connectivity index (χ0n) is 26.1. The number of ether oxygens (including phenoxy) is 1. The van der Waals surface area contributed by atoms with Crippen LogP contribution in [0.3, 0.4) is 0 Å². The second-order valence-corrected chi connectivity index (χ2v) is 11.5. The van der Waals surface area contributed by atoms with E-state index in [1.807, 2.05) is 48.5 Å². The zero-order valence-corrected chi connectivity index (χ0v) is 26.1. The molecule has 1 aliphatic heterocycles. The lowest BCUT2D eigenvalue weighted by atomic mass is 10.0. The number of halogens is 1. The fraction of sp³-hybridized carbons (Fsp3) is 0.343. The van der Waals surface area contributed by atoms with Crippen molar-refractivity contribution in [2.75, 3.05) is 32.7 Å². The standard InChI is InChI=1S/C35H39FN6O5/c36-29-11-5-4-10-28(29)23-41-18-20-42(21-19-41)34(44)27-15-13-25(14-16-27)22-31-39-33(40-47-31)32(43)30(12-6-7-17-37)38-35(45)46-24-26-8-2-1-3-9-26/h1-5,8-11,13-16,30H,6-7,12,17-24,37H2,(H,38,45). The molecule has 47 heavy (non-hydrogen) atoms. The topological polar surface area (TPSA) is 144 Å². The highest BCUT2D eigenvalue weighted by atomic mass is 19.1. The third-order valence-corrected chi connectivity index (χ3v) is 8.02. The molecular weight excluding hydrogens is 603 g/mol. The Bertz CT molecular complexity index is 1620. The number of carbonyl (C=O) groups is 3. The van der Waals surface area contributed by atoms with Gasteiger partial charge in [-0.2, -0.15) is 4.98 Å². The summed E-state index contributed by atoms with van der Waals surface area (Å²) in [4.78, 5) is 47.1. The highest BCUT2D eigenvalue weighted by Gasteiger charge is 2.27. The van der Waals surface area contributed by atoms with Crippen molar-refractivity contribution in [3.05, 3.63) is 119 Å². The lowest BCUT2D eigenvalue weighted by molar-refractivity contribution is 0.0627. The molecule has 11 nitrogen and oxygen atoms in total. The number of unbranched alkanes of at least 4 members (excludes halogenated alkanes) is 1. The van der Waals surface area contributed by atoms with Gasteiger partial charge in [0.2, 0.25) is 17.5 Å². The van der Waals surface area contributed by atoms with E-state index < -0.39 is 17.9 Å². The number of hydrogen-bond acceptors (Lipinski definition) is 9. The minimum atomic E-state index is -0.901. The van der Waals surface area contributed by atoms with E-state index in [-0.39, 0.29) is 36.5 Å². The number of amides is 2. The predicted molar refractivity (Wildman–Crippen MR) is 172 cm³/mol. The number of aromatic nitrogens is 2. The largest absolute Gasteiger partial charge is 0.445 e. The smallest absolute Gasteiger partial charge is 0.408 e. The van der Waals surface area contributed by atoms with E-state index in [4.69, 9.17) is 15.0 Å². The molecule has 4 aromatic rings. The number of Topliss-reactive ketones (excluding diaryl/α,β-unsaturated/α-hetero) is 1. The van der Waals surface area contributed by atoms with Gasteiger partial charge in [-0.15, -0.1) is 0 Å². The molecule has 1 aliphatic rings. The number of rotatable bonds is 14. The molecule has 246 valence electrons. The van der Waals surface area contributed by atoms with E-state index >= 15 is 0 Å². The van der Waals surface area contributed by atoms with Crippen LogP contribution < -0.4 is 11.1 Å². The number of alkyl carbamates (subject to hydrolysis) is 1. The van der Waals surface area contributed by atoms with Gasteiger partial charge in [-0.05, 0) is 55.1 Å². The van der Waals surface area contributed by atoms with E-state index in [2.05, 4.69) is 20.4 Å². The van der Waals surface area contributed by atoms with Gasteiger partial charge in [0.05, 0.1) is 12.5 Å². The van der Waals surface area contributed by atoms with Crippen molar-refractivity contribution >= 4 is 17.8 Å². The number of carbonyl (C=O) groups excluding carboxylic acids is 3. The molecule has 3 aromatic carbocycles. The lowest BCUT2D eigenvalue weighted by Crippen LogP contribution is -2.48. The SMILES string of the molecule is NCCCCC(NC(=O)OCc1ccccc1)C(=O)c1noc(Cc2ccc(C(=O)N3CCN(Cc4ccccc4F)CC3)cc2)n1. The second kappa shape index (κ2) is 16.6. The van der Waals surface area contributed by atoms with Crippen molar-refractivity contribution < 1.29 is 28.0 Å². The molecule has 0 spiro atoms. The van der Waals surface area contributed by atoms with E-state index in [0.717, 1.165) is 11.1 Å². The van der Waals surface area contributed by atoms with Crippen LogP contribution in [0.25, 0.3) is 0 Å². The van der Waals surface area contributed by atoms with Gasteiger partial charge in [-0.25, -0.2) is 9.18 Å². The number of hydrogen-bond donors (Lipinski definition) is 2. The fourth-order valence-electron chi connectivity index (χ4n) is 5.35. The lowest BCUT2D eigenvalue weighted by Gasteiger charge is -2.34. The summed E-state index contributed by atoms with van der Waals surface area (Å²) in [5.41, 5.74) is 8.47. The Morgan fingerprint density at radius 3 is 2.36 bits per heavy atom. The molecule has 1 fully saturated rings. The Morgan fingerprint density at radius 2 is 1.64 bits per heavy atom. The summed E-state index contributed by atoms with van der Waals surface area (Å²) in [5, 5.41) is 6.50. The first kappa shape index (κ1) is 33.4. The molecule has 1 aromatic heterocycles. The van der Waals surface area contributed by atoms with Crippen molar-refractivity contribution in [2.24, 2.45) is 5.73 Å². The molecule has 3 N–H and O–H groups in total. The Hall–Kier alpha value is -4.94. The van der Waals surface area contributed by atoms with Crippen LogP contribution in [0.4, 0.5) is 9.18 Å². The molecular formula is C35H39FN6O5. The normalized spacial score (nSPS) is 14.0. The van der Waals surface area contributed by atoms with Gasteiger partial charge >= 0.3 is 6.09 Å². The number of ketones is 1. The van der Waals surface area contributed by atoms with Crippen LogP contribution in [0, 0.1) is 5.82 Å². The monoisotopic (exact) mass is 642 g/mol. The highest BCUT2D eigenvalue weighted by Crippen LogP contribution is 2.16. The van der Waals surface area contributed by atoms with Crippen molar-refractivity contribution in [1.29, 1.82) is 0 Å². The van der Waals surface area contributed by atoms with E-state index in [1.54, 1.807) is 29.2 Å². The van der Waals surface area contributed by atoms with Gasteiger partial charge in [0.25, 0.3) is 5.91 Å². The molecule has 0 bridgehead atoms. The Labute approximate surface area is 272 Å². The Kier molecular flexibility index (Phi) is 11.8. The van der Waals surface area contributed by atoms with Gasteiger partial charge in [0.1, 0.15) is 12.4 Å². The first-order valence-corrected chi connectivity index (χ1v) is 15.8. The molecule has 0 radical (unpaired) electrons. The molecule has 0 saturated carbocycles. The summed E-state index contributed by atoms with van der Waals surface area (Å²) in [6.07, 6.45) is 1.18. The summed E-state index contributed by atoms with van der Waals surface area (Å²) in [7, 11) is 0. The van der Waals surface area contributed by atoms with Crippen molar-refractivity contribution in [3.63, 3.8) is 0 Å². The second-order valence-electron chi connectivity index (χ2n) is 11.5. The van der Waals surface area contributed by atoms with Crippen LogP contribution in [-0.4, -0.2) is 76.5 Å². The van der Waals surface area contributed by atoms with Crippen LogP contribution in [-0.2, 0) is 24.3 Å². The minimum Gasteiger partial charge on any atom is -0.445 e. The van der Waals surface area contributed by atoms with E-state index in [9.17, 15) is 18.8 Å². The van der Waals surface area contributed by atoms with E-state index in [1.165, 1.54) is 6.07 Å². The van der Waals surface area contributed by atoms with Crippen LogP contribution in [0.15, 0.2) is 83.4 Å². The molecule has 2 amide bonds. The average Bonchev–Trinajstić information content (AvgIpc) is 3.57. The summed E-state index contributed by atoms with van der Waals surface area (Å²) in [6.45, 7) is 3.48. The molecule has 5 rings (SSSR count). The predicted octanol–water partition coefficient (Wildman–Crippen LogP) is 4.36. The Morgan fingerprint density at radius 1 is 0.915 bits per heavy atom. The summed E-state index contributed by atoms with van der Waals surface area (Å²) >= 11 is 0. The van der Waals surface area contributed by atoms with Crippen LogP contribution in [0.2, 0.25) is 0 Å². The molecule has 1 saturated heterocycles. The van der Waals surface area contributed by atoms with Crippen molar-refractivity contribution in [2.45, 2.75) is 44.9 Å². The van der Waals surface area contributed by atoms with Crippen LogP contribution in [0.1, 0.15) is 62.8 Å². The molecule has 1 unspecified atom stereocenters. The summed E-state index contributed by atoms with van der Waals surface area (Å²) in [6, 6.07) is 22.2. The number of piperazine rings is 1. The minimum absolute atomic E-state index is 0.0664. The van der Waals surface area contributed by atoms with Gasteiger partial charge in [-0.3, -0.25) is 14.5 Å². The third-order valence-electron chi connectivity index (χ3n) is 8.02. The number of nitrogens with two attached hydrogens (primary N) is 1. The summed E-state index contributed by atoms with van der Waals surface area (Å²) in [5.74, 6) is -0.676. The molecule has 12 heteroatoms. The first-order chi connectivity index (χ1) is 22.9. The summed E-state index contributed by atoms with van der Waals surface area (Å²) < 4.78 is 24.7. The third kappa shape index (κ3) is 9.53. The maximum Gasteiger partial charge on any atom is 0.408 e. The maximum atomic E-state index is 14.0. The molecule has 1 atom stereocenters. The van der Waals surface area contributed by atoms with Crippen molar-refractivity contribution in [3.8, 4) is 0 Å². The zero-order chi connectivity index (χ0) is 33.0. The number of benzene rings is 3. The van der Waals surface area contributed by atoms with Gasteiger partial charge in [-0.1, -0.05) is 65.8 Å².